The topological polar surface area (TPSA) is 35.6 Å². The summed E-state index contributed by atoms with van der Waals surface area (Å²) < 4.78 is 16.1. The average Bonchev–Trinajstić information content (AvgIpc) is 2.77. The molecule has 0 fully saturated rings. The van der Waals surface area contributed by atoms with Crippen molar-refractivity contribution >= 4 is 11.6 Å². The molecule has 20 heavy (non-hydrogen) atoms. The second-order valence-corrected chi connectivity index (χ2v) is 5.02. The first-order valence-electron chi connectivity index (χ1n) is 6.69. The van der Waals surface area contributed by atoms with Gasteiger partial charge >= 0.3 is 0 Å². The molecule has 0 saturated heterocycles. The van der Waals surface area contributed by atoms with Crippen molar-refractivity contribution < 1.29 is 4.39 Å². The molecule has 0 bridgehead atoms. The highest BCUT2D eigenvalue weighted by molar-refractivity contribution is 6.30. The lowest BCUT2D eigenvalue weighted by Crippen LogP contribution is -1.93. The van der Waals surface area contributed by atoms with Crippen LogP contribution >= 0.6 is 11.6 Å². The van der Waals surface area contributed by atoms with Crippen molar-refractivity contribution in [2.75, 3.05) is 0 Å². The number of halogens is 2. The summed E-state index contributed by atoms with van der Waals surface area (Å²) in [6.07, 6.45) is 1.67. The molecule has 2 rings (SSSR count). The third kappa shape index (κ3) is 3.39. The molecule has 0 atom stereocenters. The molecule has 0 radical (unpaired) electrons. The summed E-state index contributed by atoms with van der Waals surface area (Å²) in [5.41, 5.74) is 3.96. The third-order valence-electron chi connectivity index (χ3n) is 3.53. The lowest BCUT2D eigenvalue weighted by Gasteiger charge is -1.93. The number of rotatable bonds is 2. The number of aromatic nitrogens is 4. The van der Waals surface area contributed by atoms with E-state index in [1.165, 1.54) is 0 Å². The summed E-state index contributed by atoms with van der Waals surface area (Å²) in [5.74, 6) is -0.331. The van der Waals surface area contributed by atoms with E-state index >= 15 is 0 Å². The smallest absolute Gasteiger partial charge is 0.236 e. The van der Waals surface area contributed by atoms with Crippen molar-refractivity contribution in [2.45, 2.75) is 40.5 Å². The van der Waals surface area contributed by atoms with Crippen LogP contribution in [0.1, 0.15) is 36.4 Å². The molecule has 0 amide bonds. The van der Waals surface area contributed by atoms with Gasteiger partial charge in [-0.05, 0) is 26.7 Å². The first-order chi connectivity index (χ1) is 9.33. The van der Waals surface area contributed by atoms with Gasteiger partial charge in [-0.1, -0.05) is 25.4 Å². The van der Waals surface area contributed by atoms with Gasteiger partial charge in [0, 0.05) is 36.6 Å². The van der Waals surface area contributed by atoms with Crippen LogP contribution in [0.5, 0.6) is 0 Å². The molecule has 0 N–H and O–H groups in total. The van der Waals surface area contributed by atoms with Gasteiger partial charge in [0.25, 0.3) is 0 Å². The fourth-order valence-electron chi connectivity index (χ4n) is 2.03. The van der Waals surface area contributed by atoms with E-state index in [0.717, 1.165) is 28.9 Å². The number of nitrogens with zero attached hydrogens (tertiary/aromatic N) is 4. The van der Waals surface area contributed by atoms with E-state index in [2.05, 4.69) is 17.1 Å². The molecular weight excluding hydrogens is 279 g/mol. The molecule has 0 aliphatic heterocycles. The van der Waals surface area contributed by atoms with E-state index in [1.807, 2.05) is 27.8 Å². The summed E-state index contributed by atoms with van der Waals surface area (Å²) in [5, 5.41) is 8.34. The van der Waals surface area contributed by atoms with E-state index < -0.39 is 0 Å². The van der Waals surface area contributed by atoms with Crippen LogP contribution in [0.15, 0.2) is 0 Å². The zero-order chi connectivity index (χ0) is 15.4. The van der Waals surface area contributed by atoms with E-state index in [4.69, 9.17) is 11.6 Å². The Morgan fingerprint density at radius 1 is 0.950 bits per heavy atom. The Morgan fingerprint density at radius 3 is 1.60 bits per heavy atom. The van der Waals surface area contributed by atoms with Gasteiger partial charge in [0.05, 0.1) is 0 Å². The predicted molar refractivity (Wildman–Crippen MR) is 79.6 cm³/mol. The van der Waals surface area contributed by atoms with Crippen LogP contribution in [0.2, 0.25) is 5.15 Å². The van der Waals surface area contributed by atoms with Crippen LogP contribution in [0, 0.1) is 19.8 Å². The summed E-state index contributed by atoms with van der Waals surface area (Å²) in [7, 11) is 3.65. The standard InChI is InChI=1S/C7H11ClN2.C7H11FN2/c2*1-4-6-5(2)10(3)9-7(6)8/h2*4H2,1-3H3. The quantitative estimate of drug-likeness (QED) is 0.852. The third-order valence-corrected chi connectivity index (χ3v) is 3.83. The van der Waals surface area contributed by atoms with E-state index in [9.17, 15) is 4.39 Å². The van der Waals surface area contributed by atoms with Crippen molar-refractivity contribution in [1.82, 2.24) is 19.6 Å². The van der Waals surface area contributed by atoms with Gasteiger partial charge < -0.3 is 0 Å². The minimum absolute atomic E-state index is 0.331. The van der Waals surface area contributed by atoms with Gasteiger partial charge in [-0.15, -0.1) is 5.10 Å². The van der Waals surface area contributed by atoms with E-state index in [-0.39, 0.29) is 5.95 Å². The average molecular weight is 301 g/mol. The summed E-state index contributed by atoms with van der Waals surface area (Å²) in [4.78, 5) is 0. The summed E-state index contributed by atoms with van der Waals surface area (Å²) in [6, 6.07) is 0. The van der Waals surface area contributed by atoms with Crippen molar-refractivity contribution in [1.29, 1.82) is 0 Å². The highest BCUT2D eigenvalue weighted by atomic mass is 35.5. The van der Waals surface area contributed by atoms with E-state index in [1.54, 1.807) is 16.4 Å². The molecule has 0 aliphatic carbocycles. The maximum Gasteiger partial charge on any atom is 0.236 e. The lowest BCUT2D eigenvalue weighted by atomic mass is 10.2. The highest BCUT2D eigenvalue weighted by Crippen LogP contribution is 2.17. The maximum atomic E-state index is 12.7. The first kappa shape index (κ1) is 16.7. The van der Waals surface area contributed by atoms with Gasteiger partial charge in [0.1, 0.15) is 0 Å². The molecule has 0 aliphatic rings. The maximum absolute atomic E-state index is 12.7. The largest absolute Gasteiger partial charge is 0.271 e. The molecule has 112 valence electrons. The Kier molecular flexibility index (Phi) is 5.74. The van der Waals surface area contributed by atoms with Gasteiger partial charge in [0.2, 0.25) is 5.95 Å². The zero-order valence-corrected chi connectivity index (χ0v) is 13.7. The number of hydrogen-bond acceptors (Lipinski definition) is 2. The zero-order valence-electron chi connectivity index (χ0n) is 13.0. The minimum Gasteiger partial charge on any atom is -0.271 e. The minimum atomic E-state index is -0.331. The lowest BCUT2D eigenvalue weighted by molar-refractivity contribution is 0.544. The first-order valence-corrected chi connectivity index (χ1v) is 7.07. The number of hydrogen-bond donors (Lipinski definition) is 0. The number of aryl methyl sites for hydroxylation is 2. The van der Waals surface area contributed by atoms with Gasteiger partial charge in [-0.25, -0.2) is 0 Å². The molecule has 0 saturated carbocycles. The Bertz CT molecular complexity index is 534. The van der Waals surface area contributed by atoms with Crippen LogP contribution in [-0.4, -0.2) is 19.6 Å². The van der Waals surface area contributed by atoms with E-state index in [0.29, 0.717) is 11.6 Å². The Hall–Kier alpha value is -1.36. The molecule has 0 spiro atoms. The second kappa shape index (κ2) is 6.88. The molecule has 2 aromatic rings. The molecule has 0 aromatic carbocycles. The fourth-order valence-corrected chi connectivity index (χ4v) is 2.41. The SMILES string of the molecule is CCc1c(Cl)nn(C)c1C.CCc1c(F)nn(C)c1C. The Morgan fingerprint density at radius 2 is 1.40 bits per heavy atom. The molecule has 2 aromatic heterocycles. The Labute approximate surface area is 124 Å². The van der Waals surface area contributed by atoms with Crippen molar-refractivity contribution in [2.24, 2.45) is 14.1 Å². The monoisotopic (exact) mass is 300 g/mol. The molecular formula is C14H22ClFN4. The molecule has 0 unspecified atom stereocenters. The van der Waals surface area contributed by atoms with Crippen LogP contribution < -0.4 is 0 Å². The van der Waals surface area contributed by atoms with Crippen LogP contribution in [0.25, 0.3) is 0 Å². The van der Waals surface area contributed by atoms with Crippen molar-refractivity contribution in [3.05, 3.63) is 33.6 Å². The normalized spacial score (nSPS) is 10.4. The fraction of sp³-hybridized carbons (Fsp3) is 0.571. The second-order valence-electron chi connectivity index (χ2n) is 4.66. The predicted octanol–water partition coefficient (Wildman–Crippen LogP) is 3.37. The summed E-state index contributed by atoms with van der Waals surface area (Å²) >= 11 is 5.82. The van der Waals surface area contributed by atoms with Gasteiger partial charge in [-0.3, -0.25) is 9.36 Å². The van der Waals surface area contributed by atoms with Gasteiger partial charge in [0.15, 0.2) is 5.15 Å². The van der Waals surface area contributed by atoms with Gasteiger partial charge in [-0.2, -0.15) is 9.49 Å². The van der Waals surface area contributed by atoms with Crippen molar-refractivity contribution in [3.8, 4) is 0 Å². The van der Waals surface area contributed by atoms with Crippen LogP contribution in [-0.2, 0) is 26.9 Å². The Balaban J connectivity index is 0.000000200. The van der Waals surface area contributed by atoms with Crippen molar-refractivity contribution in [3.63, 3.8) is 0 Å². The molecule has 4 nitrogen and oxygen atoms in total. The highest BCUT2D eigenvalue weighted by Gasteiger charge is 2.09. The summed E-state index contributed by atoms with van der Waals surface area (Å²) in [6.45, 7) is 7.90. The molecule has 2 heterocycles. The van der Waals surface area contributed by atoms with Crippen LogP contribution in [0.3, 0.4) is 0 Å². The molecule has 6 heteroatoms. The van der Waals surface area contributed by atoms with Crippen LogP contribution in [0.4, 0.5) is 4.39 Å².